The molecule has 200 valence electrons. The van der Waals surface area contributed by atoms with Crippen molar-refractivity contribution in [3.63, 3.8) is 0 Å². The first-order chi connectivity index (χ1) is 17.6. The second-order valence-corrected chi connectivity index (χ2v) is 12.4. The quantitative estimate of drug-likeness (QED) is 0.455. The van der Waals surface area contributed by atoms with Crippen molar-refractivity contribution >= 4 is 43.9 Å². The summed E-state index contributed by atoms with van der Waals surface area (Å²) in [6, 6.07) is 2.96. The molecule has 37 heavy (non-hydrogen) atoms. The highest BCUT2D eigenvalue weighted by Crippen LogP contribution is 2.35. The summed E-state index contributed by atoms with van der Waals surface area (Å²) in [5.41, 5.74) is 1.08. The van der Waals surface area contributed by atoms with Gasteiger partial charge in [0.05, 0.1) is 16.6 Å². The molecular formula is C23H29F2N7O3S2. The van der Waals surface area contributed by atoms with Crippen LogP contribution in [0.5, 0.6) is 0 Å². The first kappa shape index (κ1) is 25.9. The van der Waals surface area contributed by atoms with Gasteiger partial charge in [0, 0.05) is 48.7 Å². The molecule has 1 aromatic carbocycles. The molecule has 1 aliphatic carbocycles. The lowest BCUT2D eigenvalue weighted by Crippen LogP contribution is -2.55. The van der Waals surface area contributed by atoms with Crippen molar-refractivity contribution in [1.82, 2.24) is 29.6 Å². The molecule has 1 saturated carbocycles. The minimum absolute atomic E-state index is 0.0630. The third-order valence-corrected chi connectivity index (χ3v) is 9.34. The molecule has 0 radical (unpaired) electrons. The smallest absolute Gasteiger partial charge is 0.291 e. The molecule has 1 N–H and O–H groups in total. The number of nitrogens with one attached hydrogen (secondary N) is 1. The van der Waals surface area contributed by atoms with Crippen molar-refractivity contribution < 1.29 is 22.0 Å². The number of piperazine rings is 1. The van der Waals surface area contributed by atoms with Gasteiger partial charge in [0.25, 0.3) is 6.43 Å². The van der Waals surface area contributed by atoms with Crippen LogP contribution in [0.25, 0.3) is 16.0 Å². The maximum atomic E-state index is 13.2. The number of aromatic nitrogens is 4. The standard InChI is InChI=1S/C23H29F2N7O3S2/c1-4-13(2)22(33)31-8-7-30(12-14(31)3)18-9-16(37(34,35)29-15-5-6-15)10-19-17(18)11-26-32(19)23-28-27-21(36-23)20(24)25/h9-11,13-15,20,29H,4-8,12H2,1-3H3/t13?,14-/m1/s1. The SMILES string of the molecule is CCC(C)C(=O)N1CCN(c2cc(S(=O)(=O)NC3CC3)cc3c2cnn3-c2nnc(C(F)F)s2)C[C@H]1C. The number of hydrogen-bond donors (Lipinski definition) is 1. The summed E-state index contributed by atoms with van der Waals surface area (Å²) in [6.07, 6.45) is 1.16. The van der Waals surface area contributed by atoms with E-state index in [1.807, 2.05) is 25.7 Å². The van der Waals surface area contributed by atoms with Crippen molar-refractivity contribution in [2.24, 2.45) is 5.92 Å². The van der Waals surface area contributed by atoms with Gasteiger partial charge >= 0.3 is 0 Å². The van der Waals surface area contributed by atoms with Crippen molar-refractivity contribution in [2.45, 2.75) is 63.4 Å². The summed E-state index contributed by atoms with van der Waals surface area (Å²) in [6.45, 7) is 7.42. The summed E-state index contributed by atoms with van der Waals surface area (Å²) in [5, 5.41) is 12.1. The van der Waals surface area contributed by atoms with Crippen molar-refractivity contribution in [3.05, 3.63) is 23.3 Å². The van der Waals surface area contributed by atoms with Crippen LogP contribution in [0.3, 0.4) is 0 Å². The Kier molecular flexibility index (Phi) is 6.92. The van der Waals surface area contributed by atoms with Gasteiger partial charge in [-0.3, -0.25) is 4.79 Å². The van der Waals surface area contributed by atoms with E-state index in [9.17, 15) is 22.0 Å². The number of hydrogen-bond acceptors (Lipinski definition) is 8. The van der Waals surface area contributed by atoms with E-state index in [2.05, 4.69) is 24.9 Å². The average molecular weight is 554 g/mol. The molecule has 1 unspecified atom stereocenters. The van der Waals surface area contributed by atoms with Crippen LogP contribution in [0.15, 0.2) is 23.2 Å². The molecule has 2 atom stereocenters. The molecule has 2 aromatic heterocycles. The largest absolute Gasteiger partial charge is 0.367 e. The third kappa shape index (κ3) is 5.06. The number of amides is 1. The Labute approximate surface area is 217 Å². The summed E-state index contributed by atoms with van der Waals surface area (Å²) in [5.74, 6) is 0.0506. The number of rotatable bonds is 8. The Morgan fingerprint density at radius 1 is 1.24 bits per heavy atom. The monoisotopic (exact) mass is 553 g/mol. The van der Waals surface area contributed by atoms with E-state index in [1.54, 1.807) is 12.3 Å². The van der Waals surface area contributed by atoms with Crippen LogP contribution in [0.1, 0.15) is 51.5 Å². The van der Waals surface area contributed by atoms with Gasteiger partial charge in [-0.25, -0.2) is 26.6 Å². The number of alkyl halides is 2. The summed E-state index contributed by atoms with van der Waals surface area (Å²) in [7, 11) is -3.82. The highest BCUT2D eigenvalue weighted by Gasteiger charge is 2.33. The minimum Gasteiger partial charge on any atom is -0.367 e. The lowest BCUT2D eigenvalue weighted by atomic mass is 10.0. The van der Waals surface area contributed by atoms with E-state index < -0.39 is 21.5 Å². The van der Waals surface area contributed by atoms with Gasteiger partial charge in [-0.1, -0.05) is 25.2 Å². The van der Waals surface area contributed by atoms with E-state index >= 15 is 0 Å². The van der Waals surface area contributed by atoms with Crippen LogP contribution < -0.4 is 9.62 Å². The van der Waals surface area contributed by atoms with Gasteiger partial charge in [-0.15, -0.1) is 10.2 Å². The fourth-order valence-corrected chi connectivity index (χ4v) is 6.52. The molecule has 3 aromatic rings. The van der Waals surface area contributed by atoms with E-state index in [-0.39, 0.29) is 33.9 Å². The normalized spacial score (nSPS) is 19.7. The first-order valence-corrected chi connectivity index (χ1v) is 14.6. The van der Waals surface area contributed by atoms with Crippen LogP contribution >= 0.6 is 11.3 Å². The zero-order valence-corrected chi connectivity index (χ0v) is 22.4. The van der Waals surface area contributed by atoms with Crippen LogP contribution in [-0.4, -0.2) is 70.9 Å². The molecular weight excluding hydrogens is 524 g/mol. The molecule has 5 rings (SSSR count). The number of fused-ring (bicyclic) bond motifs is 1. The number of anilines is 1. The van der Waals surface area contributed by atoms with Gasteiger partial charge in [-0.05, 0) is 38.3 Å². The van der Waals surface area contributed by atoms with Gasteiger partial charge in [0.15, 0.2) is 5.01 Å². The number of halogens is 2. The number of carbonyl (C=O) groups excluding carboxylic acids is 1. The lowest BCUT2D eigenvalue weighted by molar-refractivity contribution is -0.137. The molecule has 2 aliphatic rings. The highest BCUT2D eigenvalue weighted by atomic mass is 32.2. The third-order valence-electron chi connectivity index (χ3n) is 6.93. The van der Waals surface area contributed by atoms with Gasteiger partial charge in [-0.2, -0.15) is 5.10 Å². The van der Waals surface area contributed by atoms with Crippen molar-refractivity contribution in [2.75, 3.05) is 24.5 Å². The lowest BCUT2D eigenvalue weighted by Gasteiger charge is -2.42. The van der Waals surface area contributed by atoms with Crippen LogP contribution in [0.4, 0.5) is 14.5 Å². The van der Waals surface area contributed by atoms with Crippen LogP contribution in [0.2, 0.25) is 0 Å². The van der Waals surface area contributed by atoms with E-state index in [1.165, 1.54) is 10.7 Å². The Morgan fingerprint density at radius 3 is 2.62 bits per heavy atom. The fourth-order valence-electron chi connectivity index (χ4n) is 4.50. The van der Waals surface area contributed by atoms with E-state index in [0.29, 0.717) is 47.6 Å². The van der Waals surface area contributed by atoms with Crippen LogP contribution in [-0.2, 0) is 14.8 Å². The first-order valence-electron chi connectivity index (χ1n) is 12.3. The number of nitrogens with zero attached hydrogens (tertiary/aromatic N) is 6. The van der Waals surface area contributed by atoms with E-state index in [4.69, 9.17) is 0 Å². The molecule has 0 bridgehead atoms. The second kappa shape index (κ2) is 9.87. The molecule has 2 fully saturated rings. The van der Waals surface area contributed by atoms with Gasteiger partial charge in [0.2, 0.25) is 21.1 Å². The number of carbonyl (C=O) groups is 1. The molecule has 1 saturated heterocycles. The summed E-state index contributed by atoms with van der Waals surface area (Å²) in [4.78, 5) is 16.8. The zero-order valence-electron chi connectivity index (χ0n) is 20.8. The van der Waals surface area contributed by atoms with Crippen molar-refractivity contribution in [1.29, 1.82) is 0 Å². The predicted octanol–water partition coefficient (Wildman–Crippen LogP) is 3.34. The number of benzene rings is 1. The summed E-state index contributed by atoms with van der Waals surface area (Å²) < 4.78 is 56.8. The highest BCUT2D eigenvalue weighted by molar-refractivity contribution is 7.89. The molecule has 14 heteroatoms. The molecule has 3 heterocycles. The molecule has 1 amide bonds. The molecule has 1 aliphatic heterocycles. The zero-order chi connectivity index (χ0) is 26.5. The van der Waals surface area contributed by atoms with Crippen molar-refractivity contribution in [3.8, 4) is 5.13 Å². The molecule has 10 nitrogen and oxygen atoms in total. The topological polar surface area (TPSA) is 113 Å². The Hall–Kier alpha value is -2.71. The van der Waals surface area contributed by atoms with Gasteiger partial charge < -0.3 is 9.80 Å². The average Bonchev–Trinajstić information content (AvgIpc) is 3.35. The predicted molar refractivity (Wildman–Crippen MR) is 136 cm³/mol. The van der Waals surface area contributed by atoms with Gasteiger partial charge in [0.1, 0.15) is 0 Å². The fraction of sp³-hybridized carbons (Fsp3) is 0.565. The Bertz CT molecular complexity index is 1420. The second-order valence-electron chi connectivity index (χ2n) is 9.69. The summed E-state index contributed by atoms with van der Waals surface area (Å²) >= 11 is 0.703. The maximum Gasteiger partial charge on any atom is 0.291 e. The maximum absolute atomic E-state index is 13.2. The van der Waals surface area contributed by atoms with Crippen LogP contribution in [0, 0.1) is 5.92 Å². The number of sulfonamides is 1. The molecule has 0 spiro atoms. The van der Waals surface area contributed by atoms with E-state index in [0.717, 1.165) is 19.3 Å². The Balaban J connectivity index is 1.56. The Morgan fingerprint density at radius 2 is 2.00 bits per heavy atom. The minimum atomic E-state index is -3.82.